The van der Waals surface area contributed by atoms with Gasteiger partial charge in [-0.3, -0.25) is 0 Å². The van der Waals surface area contributed by atoms with Crippen LogP contribution in [0.15, 0.2) is 0 Å². The van der Waals surface area contributed by atoms with Crippen molar-refractivity contribution in [3.8, 4) is 0 Å². The smallest absolute Gasteiger partial charge is 0.407 e. The zero-order chi connectivity index (χ0) is 11.7. The largest absolute Gasteiger partial charge is 0.449 e. The van der Waals surface area contributed by atoms with Crippen LogP contribution in [-0.2, 0) is 4.74 Å². The zero-order valence-corrected chi connectivity index (χ0v) is 9.19. The van der Waals surface area contributed by atoms with Crippen molar-refractivity contribution in [2.45, 2.75) is 25.4 Å². The van der Waals surface area contributed by atoms with E-state index in [1.54, 1.807) is 0 Å². The van der Waals surface area contributed by atoms with Crippen molar-refractivity contribution in [2.24, 2.45) is 0 Å². The number of hydrogen-bond acceptors (Lipinski definition) is 5. The van der Waals surface area contributed by atoms with Gasteiger partial charge in [0.25, 0.3) is 0 Å². The number of aliphatic hydroxyl groups excluding tert-OH is 2. The van der Waals surface area contributed by atoms with E-state index in [4.69, 9.17) is 14.9 Å². The van der Waals surface area contributed by atoms with Crippen molar-refractivity contribution < 1.29 is 19.7 Å². The molecular formula is C9H20N2O4. The summed E-state index contributed by atoms with van der Waals surface area (Å²) >= 11 is 0. The fourth-order valence-electron chi connectivity index (χ4n) is 0.830. The van der Waals surface area contributed by atoms with E-state index in [0.29, 0.717) is 13.0 Å². The van der Waals surface area contributed by atoms with Gasteiger partial charge in [0.2, 0.25) is 0 Å². The van der Waals surface area contributed by atoms with E-state index in [-0.39, 0.29) is 19.3 Å². The standard InChI is InChI=1S/C9H20N2O4/c1-7(10-2)3-4-15-9(14)11-8(5-12)6-13/h7-8,10,12-13H,3-6H2,1-2H3,(H,11,14). The van der Waals surface area contributed by atoms with Gasteiger partial charge in [0.1, 0.15) is 0 Å². The number of aliphatic hydroxyl groups is 2. The van der Waals surface area contributed by atoms with Crippen LogP contribution in [0, 0.1) is 0 Å². The van der Waals surface area contributed by atoms with E-state index in [2.05, 4.69) is 10.6 Å². The van der Waals surface area contributed by atoms with Gasteiger partial charge in [-0.05, 0) is 20.4 Å². The Labute approximate surface area is 89.6 Å². The van der Waals surface area contributed by atoms with E-state index in [9.17, 15) is 4.79 Å². The first-order valence-corrected chi connectivity index (χ1v) is 4.96. The molecule has 0 saturated heterocycles. The van der Waals surface area contributed by atoms with Gasteiger partial charge in [-0.25, -0.2) is 4.79 Å². The molecule has 0 saturated carbocycles. The first-order chi connectivity index (χ1) is 7.13. The van der Waals surface area contributed by atoms with Crippen LogP contribution in [0.5, 0.6) is 0 Å². The molecule has 0 aliphatic carbocycles. The summed E-state index contributed by atoms with van der Waals surface area (Å²) in [6.07, 6.45) is 0.0960. The van der Waals surface area contributed by atoms with Crippen LogP contribution in [0.1, 0.15) is 13.3 Å². The lowest BCUT2D eigenvalue weighted by atomic mass is 10.2. The van der Waals surface area contributed by atoms with Gasteiger partial charge in [0.15, 0.2) is 0 Å². The summed E-state index contributed by atoms with van der Waals surface area (Å²) in [5.41, 5.74) is 0. The van der Waals surface area contributed by atoms with Gasteiger partial charge < -0.3 is 25.6 Å². The highest BCUT2D eigenvalue weighted by atomic mass is 16.5. The van der Waals surface area contributed by atoms with E-state index in [0.717, 1.165) is 0 Å². The molecule has 0 rings (SSSR count). The minimum absolute atomic E-state index is 0.282. The van der Waals surface area contributed by atoms with Crippen molar-refractivity contribution in [3.63, 3.8) is 0 Å². The van der Waals surface area contributed by atoms with Crippen molar-refractivity contribution in [2.75, 3.05) is 26.9 Å². The molecule has 1 atom stereocenters. The van der Waals surface area contributed by atoms with Gasteiger partial charge in [-0.15, -0.1) is 0 Å². The number of nitrogens with one attached hydrogen (secondary N) is 2. The number of carbonyl (C=O) groups is 1. The molecule has 0 aliphatic heterocycles. The molecule has 0 bridgehead atoms. The number of ether oxygens (including phenoxy) is 1. The predicted molar refractivity (Wildman–Crippen MR) is 55.6 cm³/mol. The van der Waals surface area contributed by atoms with E-state index in [1.165, 1.54) is 0 Å². The molecule has 0 fully saturated rings. The molecule has 6 nitrogen and oxygen atoms in total. The Morgan fingerprint density at radius 2 is 2.00 bits per heavy atom. The molecule has 0 spiro atoms. The van der Waals surface area contributed by atoms with Crippen LogP contribution in [0.3, 0.4) is 0 Å². The Morgan fingerprint density at radius 1 is 1.40 bits per heavy atom. The maximum absolute atomic E-state index is 11.1. The second-order valence-corrected chi connectivity index (χ2v) is 3.32. The first kappa shape index (κ1) is 14.2. The third-order valence-electron chi connectivity index (χ3n) is 2.04. The third-order valence-corrected chi connectivity index (χ3v) is 2.04. The molecule has 1 amide bonds. The average molecular weight is 220 g/mol. The van der Waals surface area contributed by atoms with E-state index in [1.807, 2.05) is 14.0 Å². The monoisotopic (exact) mass is 220 g/mol. The van der Waals surface area contributed by atoms with Crippen molar-refractivity contribution in [1.82, 2.24) is 10.6 Å². The number of rotatable bonds is 7. The van der Waals surface area contributed by atoms with Crippen LogP contribution in [0.4, 0.5) is 4.79 Å². The Hall–Kier alpha value is -0.850. The molecule has 0 heterocycles. The number of carbonyl (C=O) groups excluding carboxylic acids is 1. The van der Waals surface area contributed by atoms with Gasteiger partial charge in [0.05, 0.1) is 25.9 Å². The highest BCUT2D eigenvalue weighted by Gasteiger charge is 2.10. The fourth-order valence-corrected chi connectivity index (χ4v) is 0.830. The second-order valence-electron chi connectivity index (χ2n) is 3.32. The summed E-state index contributed by atoms with van der Waals surface area (Å²) in [4.78, 5) is 11.1. The number of amides is 1. The van der Waals surface area contributed by atoms with Crippen LogP contribution >= 0.6 is 0 Å². The summed E-state index contributed by atoms with van der Waals surface area (Å²) in [7, 11) is 1.83. The summed E-state index contributed by atoms with van der Waals surface area (Å²) in [6, 6.07) is -0.372. The fraction of sp³-hybridized carbons (Fsp3) is 0.889. The minimum Gasteiger partial charge on any atom is -0.449 e. The van der Waals surface area contributed by atoms with Crippen LogP contribution in [0.25, 0.3) is 0 Å². The van der Waals surface area contributed by atoms with Crippen molar-refractivity contribution >= 4 is 6.09 Å². The maximum Gasteiger partial charge on any atom is 0.407 e. The van der Waals surface area contributed by atoms with Crippen LogP contribution in [-0.4, -0.2) is 55.3 Å². The molecule has 90 valence electrons. The summed E-state index contributed by atoms with van der Waals surface area (Å²) in [5, 5.41) is 22.7. The minimum atomic E-state index is -0.653. The Morgan fingerprint density at radius 3 is 2.47 bits per heavy atom. The Bertz CT molecular complexity index is 173. The summed E-state index contributed by atoms with van der Waals surface area (Å²) in [5.74, 6) is 0. The molecule has 6 heteroatoms. The number of hydrogen-bond donors (Lipinski definition) is 4. The SMILES string of the molecule is CNC(C)CCOC(=O)NC(CO)CO. The van der Waals surface area contributed by atoms with E-state index < -0.39 is 12.1 Å². The molecule has 0 radical (unpaired) electrons. The van der Waals surface area contributed by atoms with E-state index >= 15 is 0 Å². The summed E-state index contributed by atoms with van der Waals surface area (Å²) in [6.45, 7) is 1.67. The highest BCUT2D eigenvalue weighted by molar-refractivity contribution is 5.67. The van der Waals surface area contributed by atoms with Gasteiger partial charge >= 0.3 is 6.09 Å². The molecule has 0 aromatic carbocycles. The topological polar surface area (TPSA) is 90.8 Å². The highest BCUT2D eigenvalue weighted by Crippen LogP contribution is 1.91. The first-order valence-electron chi connectivity index (χ1n) is 4.96. The molecule has 0 aromatic heterocycles. The predicted octanol–water partition coefficient (Wildman–Crippen LogP) is -0.936. The Kier molecular flexibility index (Phi) is 7.98. The van der Waals surface area contributed by atoms with Gasteiger partial charge in [0, 0.05) is 6.04 Å². The molecule has 15 heavy (non-hydrogen) atoms. The number of alkyl carbamates (subject to hydrolysis) is 1. The molecular weight excluding hydrogens is 200 g/mol. The molecule has 4 N–H and O–H groups in total. The normalized spacial score (nSPS) is 12.6. The Balaban J connectivity index is 3.56. The van der Waals surface area contributed by atoms with Crippen molar-refractivity contribution in [3.05, 3.63) is 0 Å². The second kappa shape index (κ2) is 8.46. The maximum atomic E-state index is 11.1. The molecule has 0 aliphatic rings. The van der Waals surface area contributed by atoms with Crippen LogP contribution in [0.2, 0.25) is 0 Å². The van der Waals surface area contributed by atoms with Gasteiger partial charge in [-0.1, -0.05) is 0 Å². The summed E-state index contributed by atoms with van der Waals surface area (Å²) < 4.78 is 4.84. The van der Waals surface area contributed by atoms with Crippen LogP contribution < -0.4 is 10.6 Å². The lowest BCUT2D eigenvalue weighted by Gasteiger charge is -2.14. The lowest BCUT2D eigenvalue weighted by molar-refractivity contribution is 0.119. The zero-order valence-electron chi connectivity index (χ0n) is 9.19. The average Bonchev–Trinajstić information content (AvgIpc) is 2.25. The molecule has 0 aromatic rings. The molecule has 1 unspecified atom stereocenters. The third kappa shape index (κ3) is 7.12. The lowest BCUT2D eigenvalue weighted by Crippen LogP contribution is -2.40. The quantitative estimate of drug-likeness (QED) is 0.445. The van der Waals surface area contributed by atoms with Crippen molar-refractivity contribution in [1.29, 1.82) is 0 Å². The van der Waals surface area contributed by atoms with Gasteiger partial charge in [-0.2, -0.15) is 0 Å².